The molecule has 0 aliphatic heterocycles. The van der Waals surface area contributed by atoms with Gasteiger partial charge >= 0.3 is 6.03 Å². The van der Waals surface area contributed by atoms with Gasteiger partial charge in [0.25, 0.3) is 0 Å². The van der Waals surface area contributed by atoms with Crippen molar-refractivity contribution in [2.24, 2.45) is 0 Å². The summed E-state index contributed by atoms with van der Waals surface area (Å²) in [5, 5.41) is 6.45. The molecule has 2 aromatic rings. The number of amides is 2. The largest absolute Gasteiger partial charge is 0.473 e. The van der Waals surface area contributed by atoms with E-state index in [4.69, 9.17) is 16.3 Å². The summed E-state index contributed by atoms with van der Waals surface area (Å²) in [4.78, 5) is 12.2. The van der Waals surface area contributed by atoms with Crippen LogP contribution in [0.4, 0.5) is 4.79 Å². The molecular weight excluding hydrogens is 360 g/mol. The second-order valence-corrected chi connectivity index (χ2v) is 7.64. The number of carbonyl (C=O) groups is 1. The highest BCUT2D eigenvalue weighted by Crippen LogP contribution is 2.26. The molecule has 2 aromatic carbocycles. The lowest BCUT2D eigenvalue weighted by atomic mass is 9.89. The van der Waals surface area contributed by atoms with Gasteiger partial charge in [0.15, 0.2) is 6.73 Å². The molecule has 0 aromatic heterocycles. The normalized spacial score (nSPS) is 14.2. The fourth-order valence-corrected chi connectivity index (χ4v) is 3.64. The summed E-state index contributed by atoms with van der Waals surface area (Å²) in [7, 11) is 0. The topological polar surface area (TPSA) is 50.4 Å². The van der Waals surface area contributed by atoms with Gasteiger partial charge in [-0.15, -0.1) is 0 Å². The van der Waals surface area contributed by atoms with Crippen LogP contribution in [0.1, 0.15) is 53.6 Å². The van der Waals surface area contributed by atoms with Gasteiger partial charge in [-0.25, -0.2) is 4.79 Å². The highest BCUT2D eigenvalue weighted by molar-refractivity contribution is 6.32. The molecule has 4 nitrogen and oxygen atoms in total. The van der Waals surface area contributed by atoms with Crippen LogP contribution in [0.15, 0.2) is 30.3 Å². The molecule has 0 heterocycles. The predicted octanol–water partition coefficient (Wildman–Crippen LogP) is 5.23. The average Bonchev–Trinajstić information content (AvgIpc) is 2.65. The number of benzene rings is 2. The fraction of sp³-hybridized carbons (Fsp3) is 0.409. The van der Waals surface area contributed by atoms with Crippen molar-refractivity contribution in [3.8, 4) is 5.75 Å². The summed E-state index contributed by atoms with van der Waals surface area (Å²) in [6.07, 6.45) is 4.82. The summed E-state index contributed by atoms with van der Waals surface area (Å²) >= 11 is 6.16. The van der Waals surface area contributed by atoms with Crippen molar-refractivity contribution < 1.29 is 9.53 Å². The molecule has 0 saturated carbocycles. The Bertz CT molecular complexity index is 812. The highest BCUT2D eigenvalue weighted by Gasteiger charge is 2.14. The summed E-state index contributed by atoms with van der Waals surface area (Å²) in [6.45, 7) is 5.96. The van der Waals surface area contributed by atoms with E-state index in [1.165, 1.54) is 30.4 Å². The third-order valence-electron chi connectivity index (χ3n) is 5.10. The SMILES string of the molecule is Cc1cc(OCNC(=O)NC(C)c2ccc3c(c2)CCCC3)cc(C)c1Cl. The summed E-state index contributed by atoms with van der Waals surface area (Å²) in [5.41, 5.74) is 5.91. The molecule has 0 radical (unpaired) electrons. The van der Waals surface area contributed by atoms with Crippen molar-refractivity contribution in [1.29, 1.82) is 0 Å². The minimum absolute atomic E-state index is 0.0581. The smallest absolute Gasteiger partial charge is 0.317 e. The van der Waals surface area contributed by atoms with Crippen molar-refractivity contribution in [3.05, 3.63) is 63.2 Å². The van der Waals surface area contributed by atoms with E-state index in [9.17, 15) is 4.79 Å². The second kappa shape index (κ2) is 8.66. The van der Waals surface area contributed by atoms with E-state index < -0.39 is 0 Å². The minimum atomic E-state index is -0.248. The van der Waals surface area contributed by atoms with Crippen LogP contribution in [-0.4, -0.2) is 12.8 Å². The molecule has 0 spiro atoms. The fourth-order valence-electron chi connectivity index (χ4n) is 3.53. The standard InChI is InChI=1S/C22H27ClN2O2/c1-14-10-20(11-15(2)21(14)23)27-13-24-22(26)25-16(3)18-9-8-17-6-4-5-7-19(17)12-18/h8-12,16H,4-7,13H2,1-3H3,(H2,24,25,26). The Kier molecular flexibility index (Phi) is 6.27. The number of aryl methyl sites for hydroxylation is 4. The lowest BCUT2D eigenvalue weighted by molar-refractivity contribution is 0.221. The quantitative estimate of drug-likeness (QED) is 0.691. The number of urea groups is 1. The maximum absolute atomic E-state index is 12.2. The van der Waals surface area contributed by atoms with Gasteiger partial charge < -0.3 is 15.4 Å². The van der Waals surface area contributed by atoms with E-state index in [1.54, 1.807) is 0 Å². The lowest BCUT2D eigenvalue weighted by Crippen LogP contribution is -2.39. The Hall–Kier alpha value is -2.20. The van der Waals surface area contributed by atoms with E-state index in [0.29, 0.717) is 5.75 Å². The van der Waals surface area contributed by atoms with Crippen LogP contribution in [-0.2, 0) is 12.8 Å². The van der Waals surface area contributed by atoms with E-state index in [-0.39, 0.29) is 18.8 Å². The number of carbonyl (C=O) groups excluding carboxylic acids is 1. The minimum Gasteiger partial charge on any atom is -0.473 e. The van der Waals surface area contributed by atoms with Crippen LogP contribution in [0.25, 0.3) is 0 Å². The molecule has 5 heteroatoms. The lowest BCUT2D eigenvalue weighted by Gasteiger charge is -2.20. The van der Waals surface area contributed by atoms with Crippen LogP contribution in [0.3, 0.4) is 0 Å². The zero-order valence-electron chi connectivity index (χ0n) is 16.2. The Morgan fingerprint density at radius 2 is 1.78 bits per heavy atom. The van der Waals surface area contributed by atoms with Gasteiger partial charge in [0, 0.05) is 5.02 Å². The zero-order chi connectivity index (χ0) is 19.4. The predicted molar refractivity (Wildman–Crippen MR) is 110 cm³/mol. The van der Waals surface area contributed by atoms with Crippen molar-refractivity contribution in [2.75, 3.05) is 6.73 Å². The van der Waals surface area contributed by atoms with Gasteiger partial charge in [-0.05, 0) is 86.4 Å². The molecule has 3 rings (SSSR count). The molecule has 1 atom stereocenters. The molecule has 0 fully saturated rings. The number of hydrogen-bond donors (Lipinski definition) is 2. The van der Waals surface area contributed by atoms with Crippen LogP contribution < -0.4 is 15.4 Å². The van der Waals surface area contributed by atoms with Crippen LogP contribution >= 0.6 is 11.6 Å². The number of fused-ring (bicyclic) bond motifs is 1. The van der Waals surface area contributed by atoms with Crippen molar-refractivity contribution >= 4 is 17.6 Å². The average molecular weight is 387 g/mol. The highest BCUT2D eigenvalue weighted by atomic mass is 35.5. The molecule has 1 aliphatic carbocycles. The van der Waals surface area contributed by atoms with Crippen LogP contribution in [0, 0.1) is 13.8 Å². The monoisotopic (exact) mass is 386 g/mol. The molecule has 2 amide bonds. The molecule has 144 valence electrons. The zero-order valence-corrected chi connectivity index (χ0v) is 17.0. The third-order valence-corrected chi connectivity index (χ3v) is 5.70. The van der Waals surface area contributed by atoms with Gasteiger partial charge in [-0.3, -0.25) is 0 Å². The number of hydrogen-bond acceptors (Lipinski definition) is 2. The molecule has 2 N–H and O–H groups in total. The number of halogens is 1. The van der Waals surface area contributed by atoms with E-state index in [2.05, 4.69) is 28.8 Å². The van der Waals surface area contributed by atoms with Crippen LogP contribution in [0.2, 0.25) is 5.02 Å². The maximum Gasteiger partial charge on any atom is 0.317 e. The van der Waals surface area contributed by atoms with Gasteiger partial charge in [-0.1, -0.05) is 29.8 Å². The van der Waals surface area contributed by atoms with E-state index in [0.717, 1.165) is 28.1 Å². The molecule has 0 bridgehead atoms. The second-order valence-electron chi connectivity index (χ2n) is 7.27. The van der Waals surface area contributed by atoms with Gasteiger partial charge in [0.1, 0.15) is 5.75 Å². The molecular formula is C22H27ClN2O2. The van der Waals surface area contributed by atoms with Gasteiger partial charge in [0.05, 0.1) is 6.04 Å². The first-order valence-corrected chi connectivity index (χ1v) is 9.87. The maximum atomic E-state index is 12.2. The first-order valence-electron chi connectivity index (χ1n) is 9.49. The van der Waals surface area contributed by atoms with Gasteiger partial charge in [-0.2, -0.15) is 0 Å². The van der Waals surface area contributed by atoms with Crippen molar-refractivity contribution in [3.63, 3.8) is 0 Å². The van der Waals surface area contributed by atoms with E-state index >= 15 is 0 Å². The molecule has 0 saturated heterocycles. The Labute approximate surface area is 166 Å². The molecule has 1 unspecified atom stereocenters. The third kappa shape index (κ3) is 4.95. The summed E-state index contributed by atoms with van der Waals surface area (Å²) in [5.74, 6) is 0.692. The summed E-state index contributed by atoms with van der Waals surface area (Å²) < 4.78 is 5.62. The Morgan fingerprint density at radius 3 is 2.48 bits per heavy atom. The van der Waals surface area contributed by atoms with Crippen LogP contribution in [0.5, 0.6) is 5.75 Å². The number of nitrogens with one attached hydrogen (secondary N) is 2. The van der Waals surface area contributed by atoms with E-state index in [1.807, 2.05) is 32.9 Å². The summed E-state index contributed by atoms with van der Waals surface area (Å²) in [6, 6.07) is 9.98. The first kappa shape index (κ1) is 19.6. The first-order chi connectivity index (χ1) is 12.9. The number of ether oxygens (including phenoxy) is 1. The number of rotatable bonds is 5. The van der Waals surface area contributed by atoms with Gasteiger partial charge in [0.2, 0.25) is 0 Å². The van der Waals surface area contributed by atoms with Crippen molar-refractivity contribution in [1.82, 2.24) is 10.6 Å². The Morgan fingerprint density at radius 1 is 1.11 bits per heavy atom. The molecule has 27 heavy (non-hydrogen) atoms. The molecule has 1 aliphatic rings. The van der Waals surface area contributed by atoms with Crippen molar-refractivity contribution in [2.45, 2.75) is 52.5 Å². The Balaban J connectivity index is 1.50.